The van der Waals surface area contributed by atoms with Crippen LogP contribution in [0.1, 0.15) is 23.0 Å². The van der Waals surface area contributed by atoms with Gasteiger partial charge in [-0.3, -0.25) is 4.79 Å². The van der Waals surface area contributed by atoms with Crippen molar-refractivity contribution in [3.8, 4) is 0 Å². The number of hydrogen-bond acceptors (Lipinski definition) is 3. The van der Waals surface area contributed by atoms with Crippen molar-refractivity contribution in [3.63, 3.8) is 0 Å². The monoisotopic (exact) mass is 307 g/mol. The first-order valence-corrected chi connectivity index (χ1v) is 6.82. The van der Waals surface area contributed by atoms with Crippen molar-refractivity contribution in [2.24, 2.45) is 7.05 Å². The van der Waals surface area contributed by atoms with Crippen LogP contribution in [-0.2, 0) is 16.6 Å². The molecule has 0 unspecified atom stereocenters. The predicted molar refractivity (Wildman–Crippen MR) is 84.9 cm³/mol. The Bertz CT molecular complexity index is 674. The largest absolute Gasteiger partial charge is 0.463 e. The topological polar surface area (TPSA) is 48.3 Å². The highest BCUT2D eigenvalue weighted by Gasteiger charge is 2.10. The van der Waals surface area contributed by atoms with Gasteiger partial charge in [0.2, 0.25) is 0 Å². The van der Waals surface area contributed by atoms with Crippen molar-refractivity contribution in [1.29, 1.82) is 0 Å². The highest BCUT2D eigenvalue weighted by Crippen LogP contribution is 2.26. The van der Waals surface area contributed by atoms with E-state index in [0.29, 0.717) is 11.6 Å². The highest BCUT2D eigenvalue weighted by molar-refractivity contribution is 6.31. The molecule has 21 heavy (non-hydrogen) atoms. The summed E-state index contributed by atoms with van der Waals surface area (Å²) in [5.41, 5.74) is 2.73. The number of halogens is 1. The van der Waals surface area contributed by atoms with Crippen molar-refractivity contribution in [2.75, 3.05) is 6.61 Å². The van der Waals surface area contributed by atoms with Gasteiger partial charge in [0.05, 0.1) is 6.61 Å². The number of rotatable bonds is 3. The summed E-state index contributed by atoms with van der Waals surface area (Å²) in [5.74, 6) is -0.359. The molecule has 2 aromatic rings. The van der Waals surface area contributed by atoms with Crippen molar-refractivity contribution < 1.29 is 14.3 Å². The number of ether oxygens (including phenoxy) is 1. The summed E-state index contributed by atoms with van der Waals surface area (Å²) in [6.07, 6.45) is 2.03. The SMILES string of the molecule is C=CC(=O)OCC.Cc1c(C=O)c2cc(Cl)ccc2n1C. The number of esters is 1. The van der Waals surface area contributed by atoms with Gasteiger partial charge >= 0.3 is 5.97 Å². The van der Waals surface area contributed by atoms with Gasteiger partial charge in [0.15, 0.2) is 6.29 Å². The third-order valence-electron chi connectivity index (χ3n) is 3.07. The van der Waals surface area contributed by atoms with E-state index in [0.717, 1.165) is 34.5 Å². The second-order valence-electron chi connectivity index (χ2n) is 4.29. The summed E-state index contributed by atoms with van der Waals surface area (Å²) < 4.78 is 6.43. The first-order valence-electron chi connectivity index (χ1n) is 6.45. The van der Waals surface area contributed by atoms with Crippen LogP contribution >= 0.6 is 11.6 Å². The normalized spacial score (nSPS) is 9.71. The molecule has 2 rings (SSSR count). The Morgan fingerprint density at radius 3 is 2.62 bits per heavy atom. The Morgan fingerprint density at radius 2 is 2.14 bits per heavy atom. The first-order chi connectivity index (χ1) is 9.96. The Labute approximate surface area is 129 Å². The van der Waals surface area contributed by atoms with E-state index in [1.807, 2.05) is 36.7 Å². The number of benzene rings is 1. The van der Waals surface area contributed by atoms with Gasteiger partial charge in [0.25, 0.3) is 0 Å². The molecular weight excluding hydrogens is 290 g/mol. The molecule has 0 fully saturated rings. The minimum Gasteiger partial charge on any atom is -0.463 e. The number of fused-ring (bicyclic) bond motifs is 1. The van der Waals surface area contributed by atoms with Crippen molar-refractivity contribution >= 4 is 34.8 Å². The molecule has 0 saturated heterocycles. The van der Waals surface area contributed by atoms with Crippen molar-refractivity contribution in [2.45, 2.75) is 13.8 Å². The molecule has 1 aromatic heterocycles. The van der Waals surface area contributed by atoms with Gasteiger partial charge in [-0.15, -0.1) is 0 Å². The summed E-state index contributed by atoms with van der Waals surface area (Å²) in [4.78, 5) is 21.0. The zero-order valence-electron chi connectivity index (χ0n) is 12.4. The number of aromatic nitrogens is 1. The molecule has 0 aliphatic heterocycles. The Balaban J connectivity index is 0.000000270. The fourth-order valence-corrected chi connectivity index (χ4v) is 2.09. The van der Waals surface area contributed by atoms with Crippen molar-refractivity contribution in [3.05, 3.63) is 47.1 Å². The lowest BCUT2D eigenvalue weighted by molar-refractivity contribution is -0.137. The summed E-state index contributed by atoms with van der Waals surface area (Å²) in [7, 11) is 1.94. The number of aryl methyl sites for hydroxylation is 1. The van der Waals surface area contributed by atoms with Gasteiger partial charge in [-0.05, 0) is 32.0 Å². The molecule has 4 nitrogen and oxygen atoms in total. The predicted octanol–water partition coefficient (Wildman–Crippen LogP) is 3.69. The quantitative estimate of drug-likeness (QED) is 0.493. The van der Waals surface area contributed by atoms with Crippen LogP contribution in [0.5, 0.6) is 0 Å². The molecule has 0 radical (unpaired) electrons. The van der Waals surface area contributed by atoms with E-state index in [4.69, 9.17) is 11.6 Å². The minimum atomic E-state index is -0.359. The van der Waals surface area contributed by atoms with Gasteiger partial charge in [-0.1, -0.05) is 18.2 Å². The number of carbonyl (C=O) groups is 2. The molecule has 1 aromatic carbocycles. The molecule has 0 aliphatic carbocycles. The summed E-state index contributed by atoms with van der Waals surface area (Å²) >= 11 is 5.88. The molecule has 0 N–H and O–H groups in total. The Hall–Kier alpha value is -2.07. The molecule has 0 saturated carbocycles. The van der Waals surface area contributed by atoms with Crippen LogP contribution in [0, 0.1) is 6.92 Å². The van der Waals surface area contributed by atoms with E-state index < -0.39 is 0 Å². The fraction of sp³-hybridized carbons (Fsp3) is 0.250. The lowest BCUT2D eigenvalue weighted by Crippen LogP contribution is -1.97. The fourth-order valence-electron chi connectivity index (χ4n) is 1.92. The van der Waals surface area contributed by atoms with E-state index in [-0.39, 0.29) is 5.97 Å². The van der Waals surface area contributed by atoms with Crippen LogP contribution in [0.3, 0.4) is 0 Å². The van der Waals surface area contributed by atoms with Crippen LogP contribution in [0.25, 0.3) is 10.9 Å². The van der Waals surface area contributed by atoms with Crippen LogP contribution in [-0.4, -0.2) is 23.4 Å². The Kier molecular flexibility index (Phi) is 6.18. The Morgan fingerprint density at radius 1 is 1.48 bits per heavy atom. The minimum absolute atomic E-state index is 0.359. The van der Waals surface area contributed by atoms with E-state index in [2.05, 4.69) is 11.3 Å². The zero-order chi connectivity index (χ0) is 16.0. The second kappa shape index (κ2) is 7.64. The van der Waals surface area contributed by atoms with E-state index in [1.165, 1.54) is 0 Å². The summed E-state index contributed by atoms with van der Waals surface area (Å²) in [5, 5.41) is 1.58. The molecule has 1 heterocycles. The third kappa shape index (κ3) is 3.95. The lowest BCUT2D eigenvalue weighted by atomic mass is 10.1. The van der Waals surface area contributed by atoms with Crippen LogP contribution < -0.4 is 0 Å². The average molecular weight is 308 g/mol. The van der Waals surface area contributed by atoms with E-state index in [9.17, 15) is 9.59 Å². The lowest BCUT2D eigenvalue weighted by Gasteiger charge is -1.97. The van der Waals surface area contributed by atoms with E-state index >= 15 is 0 Å². The van der Waals surface area contributed by atoms with Crippen LogP contribution in [0.4, 0.5) is 0 Å². The first kappa shape index (κ1) is 17.0. The number of aldehydes is 1. The zero-order valence-corrected chi connectivity index (χ0v) is 13.1. The summed E-state index contributed by atoms with van der Waals surface area (Å²) in [6, 6.07) is 5.59. The molecular formula is C16H18ClNO3. The van der Waals surface area contributed by atoms with Crippen molar-refractivity contribution in [1.82, 2.24) is 4.57 Å². The summed E-state index contributed by atoms with van der Waals surface area (Å²) in [6.45, 7) is 7.31. The molecule has 5 heteroatoms. The maximum atomic E-state index is 10.9. The number of hydrogen-bond donors (Lipinski definition) is 0. The number of carbonyl (C=O) groups excluding carboxylic acids is 2. The van der Waals surface area contributed by atoms with Crippen LogP contribution in [0.15, 0.2) is 30.9 Å². The smallest absolute Gasteiger partial charge is 0.330 e. The van der Waals surface area contributed by atoms with Gasteiger partial charge in [0, 0.05) is 40.3 Å². The van der Waals surface area contributed by atoms with Gasteiger partial charge < -0.3 is 9.30 Å². The van der Waals surface area contributed by atoms with Gasteiger partial charge in [-0.2, -0.15) is 0 Å². The van der Waals surface area contributed by atoms with Gasteiger partial charge in [-0.25, -0.2) is 4.79 Å². The van der Waals surface area contributed by atoms with Gasteiger partial charge in [0.1, 0.15) is 0 Å². The maximum Gasteiger partial charge on any atom is 0.330 e. The van der Waals surface area contributed by atoms with E-state index in [1.54, 1.807) is 6.92 Å². The molecule has 112 valence electrons. The average Bonchev–Trinajstić information content (AvgIpc) is 2.71. The molecule has 0 atom stereocenters. The van der Waals surface area contributed by atoms with Crippen LogP contribution in [0.2, 0.25) is 5.02 Å². The molecule has 0 amide bonds. The second-order valence-corrected chi connectivity index (χ2v) is 4.73. The molecule has 0 spiro atoms. The number of nitrogens with zero attached hydrogens (tertiary/aromatic N) is 1. The highest BCUT2D eigenvalue weighted by atomic mass is 35.5. The maximum absolute atomic E-state index is 10.9. The third-order valence-corrected chi connectivity index (χ3v) is 3.31. The standard InChI is InChI=1S/C11H10ClNO.C5H8O2/c1-7-10(6-14)9-5-8(12)3-4-11(9)13(7)2;1-3-5(6)7-4-2/h3-6H,1-2H3;3H,1,4H2,2H3. The molecule has 0 aliphatic rings. The molecule has 0 bridgehead atoms.